The molecule has 3 rings (SSSR count). The standard InChI is InChI=1S/C23H27N3O4/c1-15(25-26-22(28)16-5-7-17(8-6-16)23(2,3)4)13-21(27)24-18-9-10-19-20(14-18)30-12-11-29-19/h5-10,14H,11-13H2,1-4H3,(H,24,27)(H,26,28)/b25-15-. The van der Waals surface area contributed by atoms with Crippen LogP contribution in [0.4, 0.5) is 5.69 Å². The fourth-order valence-corrected chi connectivity index (χ4v) is 2.93. The minimum Gasteiger partial charge on any atom is -0.486 e. The molecule has 0 bridgehead atoms. The van der Waals surface area contributed by atoms with Crippen LogP contribution in [0.3, 0.4) is 0 Å². The van der Waals surface area contributed by atoms with Crippen LogP contribution in [-0.4, -0.2) is 30.7 Å². The quantitative estimate of drug-likeness (QED) is 0.579. The molecule has 0 aliphatic carbocycles. The zero-order chi connectivity index (χ0) is 21.7. The van der Waals surface area contributed by atoms with Gasteiger partial charge in [-0.1, -0.05) is 32.9 Å². The summed E-state index contributed by atoms with van der Waals surface area (Å²) in [4.78, 5) is 24.5. The van der Waals surface area contributed by atoms with E-state index < -0.39 is 0 Å². The Morgan fingerprint density at radius 1 is 1.00 bits per heavy atom. The van der Waals surface area contributed by atoms with Gasteiger partial charge in [-0.3, -0.25) is 9.59 Å². The minimum atomic E-state index is -0.318. The van der Waals surface area contributed by atoms with Crippen LogP contribution in [0.1, 0.15) is 50.0 Å². The number of carbonyl (C=O) groups is 2. The average Bonchev–Trinajstić information content (AvgIpc) is 2.71. The second-order valence-corrected chi connectivity index (χ2v) is 8.20. The summed E-state index contributed by atoms with van der Waals surface area (Å²) in [6.07, 6.45) is 0.0533. The summed E-state index contributed by atoms with van der Waals surface area (Å²) >= 11 is 0. The minimum absolute atomic E-state index is 0.0221. The van der Waals surface area contributed by atoms with E-state index in [1.165, 1.54) is 0 Å². The molecule has 0 unspecified atom stereocenters. The summed E-state index contributed by atoms with van der Waals surface area (Å²) in [6, 6.07) is 12.7. The Morgan fingerprint density at radius 3 is 2.33 bits per heavy atom. The molecule has 0 aromatic heterocycles. The summed E-state index contributed by atoms with van der Waals surface area (Å²) in [5.41, 5.74) is 5.29. The van der Waals surface area contributed by atoms with E-state index in [9.17, 15) is 9.59 Å². The molecule has 0 fully saturated rings. The van der Waals surface area contributed by atoms with Crippen LogP contribution in [0.5, 0.6) is 11.5 Å². The highest BCUT2D eigenvalue weighted by molar-refractivity contribution is 6.06. The SMILES string of the molecule is C/C(CC(=O)Nc1ccc2c(c1)OCCO2)=N/NC(=O)c1ccc(C(C)(C)C)cc1. The third-order valence-corrected chi connectivity index (χ3v) is 4.60. The number of fused-ring (bicyclic) bond motifs is 1. The van der Waals surface area contributed by atoms with Crippen LogP contribution in [-0.2, 0) is 10.2 Å². The Bertz CT molecular complexity index is 959. The molecule has 0 radical (unpaired) electrons. The van der Waals surface area contributed by atoms with Crippen LogP contribution in [0.2, 0.25) is 0 Å². The second-order valence-electron chi connectivity index (χ2n) is 8.20. The van der Waals surface area contributed by atoms with Crippen molar-refractivity contribution in [3.8, 4) is 11.5 Å². The first-order valence-corrected chi connectivity index (χ1v) is 9.86. The Labute approximate surface area is 176 Å². The third kappa shape index (κ3) is 5.59. The normalized spacial score (nSPS) is 13.5. The van der Waals surface area contributed by atoms with E-state index in [1.807, 2.05) is 12.1 Å². The fourth-order valence-electron chi connectivity index (χ4n) is 2.93. The van der Waals surface area contributed by atoms with Crippen molar-refractivity contribution in [3.05, 3.63) is 53.6 Å². The fraction of sp³-hybridized carbons (Fsp3) is 0.348. The van der Waals surface area contributed by atoms with Crippen molar-refractivity contribution in [1.82, 2.24) is 5.43 Å². The van der Waals surface area contributed by atoms with E-state index in [1.54, 1.807) is 37.3 Å². The number of anilines is 1. The summed E-state index contributed by atoms with van der Waals surface area (Å²) in [5, 5.41) is 6.83. The zero-order valence-electron chi connectivity index (χ0n) is 17.7. The molecule has 1 aliphatic rings. The molecule has 2 amide bonds. The van der Waals surface area contributed by atoms with E-state index in [0.717, 1.165) is 5.56 Å². The van der Waals surface area contributed by atoms with Gasteiger partial charge < -0.3 is 14.8 Å². The molecule has 7 heteroatoms. The molecule has 2 aromatic carbocycles. The van der Waals surface area contributed by atoms with Crippen molar-refractivity contribution >= 4 is 23.2 Å². The Kier molecular flexibility index (Phi) is 6.40. The van der Waals surface area contributed by atoms with Crippen molar-refractivity contribution in [2.45, 2.75) is 39.5 Å². The number of hydrogen-bond donors (Lipinski definition) is 2. The van der Waals surface area contributed by atoms with Gasteiger partial charge in [-0.05, 0) is 42.2 Å². The maximum Gasteiger partial charge on any atom is 0.271 e. The molecule has 2 aromatic rings. The lowest BCUT2D eigenvalue weighted by Crippen LogP contribution is -2.22. The Balaban J connectivity index is 1.53. The first-order chi connectivity index (χ1) is 14.2. The number of nitrogens with zero attached hydrogens (tertiary/aromatic N) is 1. The van der Waals surface area contributed by atoms with Crippen LogP contribution in [0.25, 0.3) is 0 Å². The maximum atomic E-state index is 12.3. The number of benzene rings is 2. The van der Waals surface area contributed by atoms with Crippen LogP contribution < -0.4 is 20.2 Å². The van der Waals surface area contributed by atoms with Gasteiger partial charge in [-0.25, -0.2) is 5.43 Å². The Morgan fingerprint density at radius 2 is 1.67 bits per heavy atom. The van der Waals surface area contributed by atoms with Gasteiger partial charge in [0.05, 0.1) is 6.42 Å². The van der Waals surface area contributed by atoms with Crippen LogP contribution in [0.15, 0.2) is 47.6 Å². The number of carbonyl (C=O) groups excluding carboxylic acids is 2. The summed E-state index contributed by atoms with van der Waals surface area (Å²) in [6.45, 7) is 9.03. The van der Waals surface area contributed by atoms with Gasteiger partial charge in [0.15, 0.2) is 11.5 Å². The third-order valence-electron chi connectivity index (χ3n) is 4.60. The molecule has 158 valence electrons. The number of hydrazone groups is 1. The van der Waals surface area contributed by atoms with E-state index in [-0.39, 0.29) is 23.7 Å². The van der Waals surface area contributed by atoms with Crippen molar-refractivity contribution in [1.29, 1.82) is 0 Å². The van der Waals surface area contributed by atoms with Crippen LogP contribution in [0, 0.1) is 0 Å². The summed E-state index contributed by atoms with van der Waals surface area (Å²) < 4.78 is 11.0. The number of hydrogen-bond acceptors (Lipinski definition) is 5. The lowest BCUT2D eigenvalue weighted by Gasteiger charge is -2.19. The van der Waals surface area contributed by atoms with Crippen molar-refractivity contribution in [3.63, 3.8) is 0 Å². The molecule has 30 heavy (non-hydrogen) atoms. The maximum absolute atomic E-state index is 12.3. The number of nitrogens with one attached hydrogen (secondary N) is 2. The molecule has 0 atom stereocenters. The van der Waals surface area contributed by atoms with Gasteiger partial charge in [-0.15, -0.1) is 0 Å². The molecule has 0 spiro atoms. The van der Waals surface area contributed by atoms with Crippen molar-refractivity contribution < 1.29 is 19.1 Å². The predicted octanol–water partition coefficient (Wildman–Crippen LogP) is 3.89. The summed E-state index contributed by atoms with van der Waals surface area (Å²) in [7, 11) is 0. The lowest BCUT2D eigenvalue weighted by atomic mass is 9.87. The van der Waals surface area contributed by atoms with E-state index in [2.05, 4.69) is 36.6 Å². The van der Waals surface area contributed by atoms with E-state index in [4.69, 9.17) is 9.47 Å². The average molecular weight is 409 g/mol. The first-order valence-electron chi connectivity index (χ1n) is 9.86. The molecule has 0 saturated carbocycles. The molecule has 7 nitrogen and oxygen atoms in total. The largest absolute Gasteiger partial charge is 0.486 e. The van der Waals surface area contributed by atoms with Crippen LogP contribution >= 0.6 is 0 Å². The smallest absolute Gasteiger partial charge is 0.271 e. The molecular weight excluding hydrogens is 382 g/mol. The lowest BCUT2D eigenvalue weighted by molar-refractivity contribution is -0.115. The highest BCUT2D eigenvalue weighted by Gasteiger charge is 2.15. The van der Waals surface area contributed by atoms with Gasteiger partial charge in [0.25, 0.3) is 5.91 Å². The molecule has 1 aliphatic heterocycles. The van der Waals surface area contributed by atoms with Gasteiger partial charge in [0.2, 0.25) is 5.91 Å². The predicted molar refractivity (Wildman–Crippen MR) is 116 cm³/mol. The van der Waals surface area contributed by atoms with Gasteiger partial charge >= 0.3 is 0 Å². The number of amides is 2. The van der Waals surface area contributed by atoms with Gasteiger partial charge in [0.1, 0.15) is 13.2 Å². The van der Waals surface area contributed by atoms with Gasteiger partial charge in [0, 0.05) is 23.0 Å². The Hall–Kier alpha value is -3.35. The first kappa shape index (κ1) is 21.4. The monoisotopic (exact) mass is 409 g/mol. The van der Waals surface area contributed by atoms with E-state index in [0.29, 0.717) is 41.7 Å². The van der Waals surface area contributed by atoms with Crippen molar-refractivity contribution in [2.24, 2.45) is 5.10 Å². The highest BCUT2D eigenvalue weighted by atomic mass is 16.6. The topological polar surface area (TPSA) is 89.0 Å². The molecule has 1 heterocycles. The molecule has 2 N–H and O–H groups in total. The zero-order valence-corrected chi connectivity index (χ0v) is 17.7. The number of ether oxygens (including phenoxy) is 2. The van der Waals surface area contributed by atoms with Gasteiger partial charge in [-0.2, -0.15) is 5.10 Å². The molecular formula is C23H27N3O4. The van der Waals surface area contributed by atoms with Crippen molar-refractivity contribution in [2.75, 3.05) is 18.5 Å². The molecule has 0 saturated heterocycles. The number of rotatable bonds is 5. The second kappa shape index (κ2) is 8.98. The van der Waals surface area contributed by atoms with E-state index >= 15 is 0 Å². The highest BCUT2D eigenvalue weighted by Crippen LogP contribution is 2.32. The summed E-state index contributed by atoms with van der Waals surface area (Å²) in [5.74, 6) is 0.711.